The van der Waals surface area contributed by atoms with Crippen molar-refractivity contribution in [3.8, 4) is 5.75 Å². The summed E-state index contributed by atoms with van der Waals surface area (Å²) < 4.78 is 16.7. The second-order valence-electron chi connectivity index (χ2n) is 7.11. The Labute approximate surface area is 177 Å². The van der Waals surface area contributed by atoms with Gasteiger partial charge in [-0.05, 0) is 31.7 Å². The van der Waals surface area contributed by atoms with Gasteiger partial charge < -0.3 is 30.6 Å². The SMILES string of the molecule is Cl.NC[C@H]1CC[C@@H](C(=O)NCc2ccccc2OCC(=O)NCC2CCCO2)O1. The summed E-state index contributed by atoms with van der Waals surface area (Å²) in [6.45, 7) is 1.91. The molecule has 2 aliphatic rings. The topological polar surface area (TPSA) is 112 Å². The van der Waals surface area contributed by atoms with Gasteiger partial charge in [0.1, 0.15) is 11.9 Å². The maximum Gasteiger partial charge on any atom is 0.258 e. The van der Waals surface area contributed by atoms with Crippen molar-refractivity contribution in [2.24, 2.45) is 5.73 Å². The summed E-state index contributed by atoms with van der Waals surface area (Å²) in [5.74, 6) is 0.226. The van der Waals surface area contributed by atoms with Gasteiger partial charge in [-0.1, -0.05) is 18.2 Å². The number of ether oxygens (including phenoxy) is 3. The number of para-hydroxylation sites is 1. The summed E-state index contributed by atoms with van der Waals surface area (Å²) in [5.41, 5.74) is 6.38. The Balaban J connectivity index is 0.00000300. The minimum atomic E-state index is -0.454. The maximum absolute atomic E-state index is 12.3. The molecule has 2 saturated heterocycles. The molecule has 2 fully saturated rings. The fourth-order valence-electron chi connectivity index (χ4n) is 3.39. The minimum Gasteiger partial charge on any atom is -0.483 e. The molecule has 162 valence electrons. The molecule has 29 heavy (non-hydrogen) atoms. The van der Waals surface area contributed by atoms with Crippen molar-refractivity contribution in [2.75, 3.05) is 26.3 Å². The summed E-state index contributed by atoms with van der Waals surface area (Å²) in [6, 6.07) is 7.34. The monoisotopic (exact) mass is 427 g/mol. The van der Waals surface area contributed by atoms with E-state index in [-0.39, 0.29) is 43.0 Å². The molecular formula is C20H30ClN3O5. The van der Waals surface area contributed by atoms with E-state index in [9.17, 15) is 9.59 Å². The number of carbonyl (C=O) groups excluding carboxylic acids is 2. The summed E-state index contributed by atoms with van der Waals surface area (Å²) in [5, 5.41) is 5.70. The van der Waals surface area contributed by atoms with Crippen LogP contribution in [0.2, 0.25) is 0 Å². The lowest BCUT2D eigenvalue weighted by Crippen LogP contribution is -2.36. The van der Waals surface area contributed by atoms with Crippen LogP contribution < -0.4 is 21.1 Å². The van der Waals surface area contributed by atoms with Crippen LogP contribution in [0.5, 0.6) is 5.75 Å². The number of hydrogen-bond donors (Lipinski definition) is 3. The third-order valence-electron chi connectivity index (χ3n) is 5.00. The van der Waals surface area contributed by atoms with Gasteiger partial charge >= 0.3 is 0 Å². The van der Waals surface area contributed by atoms with Crippen LogP contribution in [0.3, 0.4) is 0 Å². The first-order chi connectivity index (χ1) is 13.7. The molecule has 0 saturated carbocycles. The van der Waals surface area contributed by atoms with Crippen LogP contribution in [-0.4, -0.2) is 56.4 Å². The fourth-order valence-corrected chi connectivity index (χ4v) is 3.39. The number of halogens is 1. The van der Waals surface area contributed by atoms with E-state index in [4.69, 9.17) is 19.9 Å². The summed E-state index contributed by atoms with van der Waals surface area (Å²) in [7, 11) is 0. The van der Waals surface area contributed by atoms with E-state index in [1.54, 1.807) is 6.07 Å². The highest BCUT2D eigenvalue weighted by molar-refractivity contribution is 5.85. The second-order valence-corrected chi connectivity index (χ2v) is 7.11. The zero-order chi connectivity index (χ0) is 19.8. The smallest absolute Gasteiger partial charge is 0.258 e. The number of nitrogens with one attached hydrogen (secondary N) is 2. The molecular weight excluding hydrogens is 398 g/mol. The lowest BCUT2D eigenvalue weighted by molar-refractivity contribution is -0.132. The average Bonchev–Trinajstić information content (AvgIpc) is 3.41. The van der Waals surface area contributed by atoms with Gasteiger partial charge in [-0.25, -0.2) is 0 Å². The molecule has 3 atom stereocenters. The molecule has 2 heterocycles. The molecule has 1 aromatic rings. The summed E-state index contributed by atoms with van der Waals surface area (Å²) in [4.78, 5) is 24.3. The largest absolute Gasteiger partial charge is 0.483 e. The number of carbonyl (C=O) groups is 2. The minimum absolute atomic E-state index is 0. The average molecular weight is 428 g/mol. The van der Waals surface area contributed by atoms with E-state index in [0.29, 0.717) is 31.8 Å². The number of nitrogens with two attached hydrogens (primary N) is 1. The van der Waals surface area contributed by atoms with Gasteiger partial charge in [-0.3, -0.25) is 9.59 Å². The Morgan fingerprint density at radius 3 is 2.69 bits per heavy atom. The molecule has 9 heteroatoms. The van der Waals surface area contributed by atoms with Crippen LogP contribution in [0, 0.1) is 0 Å². The Morgan fingerprint density at radius 2 is 1.97 bits per heavy atom. The third kappa shape index (κ3) is 7.15. The number of rotatable bonds is 9. The van der Waals surface area contributed by atoms with Crippen molar-refractivity contribution in [2.45, 2.75) is 50.5 Å². The maximum atomic E-state index is 12.3. The van der Waals surface area contributed by atoms with E-state index in [1.165, 1.54) is 0 Å². The number of amides is 2. The van der Waals surface area contributed by atoms with Crippen molar-refractivity contribution in [1.29, 1.82) is 0 Å². The van der Waals surface area contributed by atoms with Crippen LogP contribution in [-0.2, 0) is 25.6 Å². The van der Waals surface area contributed by atoms with Crippen LogP contribution in [0.4, 0.5) is 0 Å². The lowest BCUT2D eigenvalue weighted by Gasteiger charge is -2.15. The molecule has 1 unspecified atom stereocenters. The Hall–Kier alpha value is -1.87. The van der Waals surface area contributed by atoms with Gasteiger partial charge in [0.05, 0.1) is 12.2 Å². The van der Waals surface area contributed by atoms with Crippen LogP contribution in [0.1, 0.15) is 31.2 Å². The highest BCUT2D eigenvalue weighted by Crippen LogP contribution is 2.20. The van der Waals surface area contributed by atoms with Crippen molar-refractivity contribution in [1.82, 2.24) is 10.6 Å². The van der Waals surface area contributed by atoms with E-state index in [1.807, 2.05) is 18.2 Å². The summed E-state index contributed by atoms with van der Waals surface area (Å²) in [6.07, 6.45) is 3.09. The molecule has 0 bridgehead atoms. The number of benzene rings is 1. The molecule has 8 nitrogen and oxygen atoms in total. The van der Waals surface area contributed by atoms with E-state index < -0.39 is 6.10 Å². The van der Waals surface area contributed by atoms with E-state index >= 15 is 0 Å². The first kappa shape index (κ1) is 23.4. The zero-order valence-corrected chi connectivity index (χ0v) is 17.2. The standard InChI is InChI=1S/C20H29N3O5.ClH/c21-10-15-7-8-18(28-15)20(25)23-11-14-4-1-2-6-17(14)27-13-19(24)22-12-16-5-3-9-26-16;/h1-2,4,6,15-16,18H,3,5,7-13,21H2,(H,22,24)(H,23,25);1H/t15-,16?,18+;/m1./s1. The van der Waals surface area contributed by atoms with Gasteiger partial charge in [0.25, 0.3) is 5.91 Å². The molecule has 0 aromatic heterocycles. The Morgan fingerprint density at radius 1 is 1.14 bits per heavy atom. The molecule has 0 radical (unpaired) electrons. The number of hydrogen-bond acceptors (Lipinski definition) is 6. The zero-order valence-electron chi connectivity index (χ0n) is 16.4. The van der Waals surface area contributed by atoms with Crippen molar-refractivity contribution in [3.63, 3.8) is 0 Å². The van der Waals surface area contributed by atoms with Crippen LogP contribution >= 0.6 is 12.4 Å². The van der Waals surface area contributed by atoms with Gasteiger partial charge in [-0.15, -0.1) is 12.4 Å². The second kappa shape index (κ2) is 12.0. The molecule has 1 aromatic carbocycles. The Bertz CT molecular complexity index is 669. The highest BCUT2D eigenvalue weighted by atomic mass is 35.5. The Kier molecular flexibility index (Phi) is 9.66. The van der Waals surface area contributed by atoms with Crippen molar-refractivity contribution in [3.05, 3.63) is 29.8 Å². The predicted octanol–water partition coefficient (Wildman–Crippen LogP) is 0.905. The predicted molar refractivity (Wildman–Crippen MR) is 110 cm³/mol. The van der Waals surface area contributed by atoms with Gasteiger partial charge in [0.2, 0.25) is 5.91 Å². The van der Waals surface area contributed by atoms with E-state index in [0.717, 1.165) is 31.4 Å². The highest BCUT2D eigenvalue weighted by Gasteiger charge is 2.29. The molecule has 2 amide bonds. The van der Waals surface area contributed by atoms with Crippen molar-refractivity contribution >= 4 is 24.2 Å². The van der Waals surface area contributed by atoms with Crippen LogP contribution in [0.15, 0.2) is 24.3 Å². The first-order valence-electron chi connectivity index (χ1n) is 9.88. The normalized spacial score (nSPS) is 23.3. The van der Waals surface area contributed by atoms with Gasteiger partial charge in [0, 0.05) is 31.8 Å². The fraction of sp³-hybridized carbons (Fsp3) is 0.600. The first-order valence-corrected chi connectivity index (χ1v) is 9.88. The molecule has 3 rings (SSSR count). The molecule has 4 N–H and O–H groups in total. The van der Waals surface area contributed by atoms with Crippen molar-refractivity contribution < 1.29 is 23.8 Å². The molecule has 2 aliphatic heterocycles. The van der Waals surface area contributed by atoms with Gasteiger partial charge in [0.15, 0.2) is 6.61 Å². The van der Waals surface area contributed by atoms with E-state index in [2.05, 4.69) is 10.6 Å². The summed E-state index contributed by atoms with van der Waals surface area (Å²) >= 11 is 0. The third-order valence-corrected chi connectivity index (χ3v) is 5.00. The lowest BCUT2D eigenvalue weighted by atomic mass is 10.1. The van der Waals surface area contributed by atoms with Crippen LogP contribution in [0.25, 0.3) is 0 Å². The molecule has 0 spiro atoms. The van der Waals surface area contributed by atoms with Gasteiger partial charge in [-0.2, -0.15) is 0 Å². The quantitative estimate of drug-likeness (QED) is 0.540. The molecule has 0 aliphatic carbocycles.